The summed E-state index contributed by atoms with van der Waals surface area (Å²) in [5, 5.41) is 2.92. The van der Waals surface area contributed by atoms with Crippen molar-refractivity contribution in [2.75, 3.05) is 13.2 Å². The average Bonchev–Trinajstić information content (AvgIpc) is 2.59. The summed E-state index contributed by atoms with van der Waals surface area (Å²) in [6, 6.07) is 15.8. The molecule has 0 aliphatic carbocycles. The largest absolute Gasteiger partial charge is 0.486 e. The lowest BCUT2D eigenvalue weighted by atomic mass is 10.1. The zero-order chi connectivity index (χ0) is 16.1. The van der Waals surface area contributed by atoms with Crippen LogP contribution in [0.1, 0.15) is 17.5 Å². The highest BCUT2D eigenvalue weighted by Gasteiger charge is 2.20. The van der Waals surface area contributed by atoms with Gasteiger partial charge in [0.2, 0.25) is 5.91 Å². The maximum Gasteiger partial charge on any atom is 0.220 e. The molecule has 1 aliphatic heterocycles. The number of para-hydroxylation sites is 2. The van der Waals surface area contributed by atoms with Gasteiger partial charge in [-0.3, -0.25) is 4.79 Å². The van der Waals surface area contributed by atoms with Crippen LogP contribution in [0.25, 0.3) is 0 Å². The fraction of sp³-hybridized carbons (Fsp3) is 0.316. The molecule has 0 unspecified atom stereocenters. The van der Waals surface area contributed by atoms with Gasteiger partial charge in [-0.25, -0.2) is 0 Å². The summed E-state index contributed by atoms with van der Waals surface area (Å²) in [7, 11) is 0. The smallest absolute Gasteiger partial charge is 0.220 e. The molecule has 3 rings (SSSR count). The number of fused-ring (bicyclic) bond motifs is 1. The third-order valence-corrected chi connectivity index (χ3v) is 3.86. The molecule has 1 amide bonds. The van der Waals surface area contributed by atoms with Crippen molar-refractivity contribution in [3.8, 4) is 11.5 Å². The number of amides is 1. The number of carbonyl (C=O) groups excluding carboxylic acids is 1. The van der Waals surface area contributed by atoms with Crippen LogP contribution in [0.3, 0.4) is 0 Å². The molecule has 4 nitrogen and oxygen atoms in total. The van der Waals surface area contributed by atoms with Crippen molar-refractivity contribution >= 4 is 5.91 Å². The van der Waals surface area contributed by atoms with Crippen molar-refractivity contribution in [3.05, 3.63) is 59.7 Å². The average molecular weight is 311 g/mol. The fourth-order valence-corrected chi connectivity index (χ4v) is 2.49. The SMILES string of the molecule is Cc1ccc(CCC(=O)NC[C@@H]2COc3ccccc3O2)cc1. The van der Waals surface area contributed by atoms with E-state index in [0.29, 0.717) is 19.6 Å². The first-order chi connectivity index (χ1) is 11.2. The molecule has 0 saturated heterocycles. The number of rotatable bonds is 5. The van der Waals surface area contributed by atoms with Crippen molar-refractivity contribution in [2.45, 2.75) is 25.9 Å². The Morgan fingerprint density at radius 2 is 1.87 bits per heavy atom. The maximum atomic E-state index is 12.0. The Kier molecular flexibility index (Phi) is 4.81. The molecule has 0 saturated carbocycles. The van der Waals surface area contributed by atoms with Gasteiger partial charge in [0.15, 0.2) is 11.5 Å². The minimum absolute atomic E-state index is 0.0352. The van der Waals surface area contributed by atoms with Crippen molar-refractivity contribution in [3.63, 3.8) is 0 Å². The van der Waals surface area contributed by atoms with Gasteiger partial charge >= 0.3 is 0 Å². The Labute approximate surface area is 136 Å². The predicted molar refractivity (Wildman–Crippen MR) is 88.9 cm³/mol. The summed E-state index contributed by atoms with van der Waals surface area (Å²) in [6.07, 6.45) is 1.08. The second-order valence-electron chi connectivity index (χ2n) is 5.79. The van der Waals surface area contributed by atoms with E-state index in [-0.39, 0.29) is 12.0 Å². The van der Waals surface area contributed by atoms with Gasteiger partial charge in [0.05, 0.1) is 6.54 Å². The quantitative estimate of drug-likeness (QED) is 0.923. The normalized spacial score (nSPS) is 16.0. The molecule has 1 N–H and O–H groups in total. The lowest BCUT2D eigenvalue weighted by Gasteiger charge is -2.26. The molecule has 0 fully saturated rings. The van der Waals surface area contributed by atoms with Gasteiger partial charge in [0.25, 0.3) is 0 Å². The van der Waals surface area contributed by atoms with E-state index in [2.05, 4.69) is 36.5 Å². The van der Waals surface area contributed by atoms with Crippen LogP contribution < -0.4 is 14.8 Å². The number of hydrogen-bond donors (Lipinski definition) is 1. The summed E-state index contributed by atoms with van der Waals surface area (Å²) >= 11 is 0. The number of ether oxygens (including phenoxy) is 2. The Morgan fingerprint density at radius 1 is 1.13 bits per heavy atom. The van der Waals surface area contributed by atoms with E-state index in [1.54, 1.807) is 0 Å². The number of hydrogen-bond acceptors (Lipinski definition) is 3. The van der Waals surface area contributed by atoms with Crippen LogP contribution in [0.4, 0.5) is 0 Å². The summed E-state index contributed by atoms with van der Waals surface area (Å²) < 4.78 is 11.5. The van der Waals surface area contributed by atoms with Crippen LogP contribution in [0.5, 0.6) is 11.5 Å². The molecule has 23 heavy (non-hydrogen) atoms. The minimum Gasteiger partial charge on any atom is -0.486 e. The lowest BCUT2D eigenvalue weighted by molar-refractivity contribution is -0.121. The molecule has 120 valence electrons. The van der Waals surface area contributed by atoms with Gasteiger partial charge < -0.3 is 14.8 Å². The number of carbonyl (C=O) groups is 1. The zero-order valence-electron chi connectivity index (χ0n) is 13.2. The molecule has 2 aromatic rings. The van der Waals surface area contributed by atoms with Gasteiger partial charge in [-0.2, -0.15) is 0 Å². The Hall–Kier alpha value is -2.49. The van der Waals surface area contributed by atoms with Gasteiger partial charge in [0, 0.05) is 6.42 Å². The van der Waals surface area contributed by atoms with Crippen LogP contribution in [0.15, 0.2) is 48.5 Å². The summed E-state index contributed by atoms with van der Waals surface area (Å²) in [6.45, 7) is 2.97. The van der Waals surface area contributed by atoms with Crippen molar-refractivity contribution < 1.29 is 14.3 Å². The fourth-order valence-electron chi connectivity index (χ4n) is 2.49. The van der Waals surface area contributed by atoms with E-state index in [1.165, 1.54) is 11.1 Å². The van der Waals surface area contributed by atoms with Crippen LogP contribution in [-0.4, -0.2) is 25.2 Å². The molecule has 1 atom stereocenters. The van der Waals surface area contributed by atoms with E-state index in [9.17, 15) is 4.79 Å². The van der Waals surface area contributed by atoms with Crippen molar-refractivity contribution in [1.82, 2.24) is 5.32 Å². The first-order valence-corrected chi connectivity index (χ1v) is 7.91. The molecular weight excluding hydrogens is 290 g/mol. The Morgan fingerprint density at radius 3 is 2.65 bits per heavy atom. The van der Waals surface area contributed by atoms with Crippen LogP contribution in [-0.2, 0) is 11.2 Å². The summed E-state index contributed by atoms with van der Waals surface area (Å²) in [5.41, 5.74) is 2.41. The number of aryl methyl sites for hydroxylation is 2. The molecule has 0 aromatic heterocycles. The third kappa shape index (κ3) is 4.25. The van der Waals surface area contributed by atoms with Crippen molar-refractivity contribution in [1.29, 1.82) is 0 Å². The maximum absolute atomic E-state index is 12.0. The number of benzene rings is 2. The summed E-state index contributed by atoms with van der Waals surface area (Å²) in [4.78, 5) is 12.0. The van der Waals surface area contributed by atoms with Gasteiger partial charge in [-0.1, -0.05) is 42.0 Å². The van der Waals surface area contributed by atoms with E-state index in [0.717, 1.165) is 17.9 Å². The van der Waals surface area contributed by atoms with Gasteiger partial charge in [-0.15, -0.1) is 0 Å². The van der Waals surface area contributed by atoms with E-state index < -0.39 is 0 Å². The molecule has 0 radical (unpaired) electrons. The highest BCUT2D eigenvalue weighted by molar-refractivity contribution is 5.76. The molecule has 0 bridgehead atoms. The second-order valence-corrected chi connectivity index (χ2v) is 5.79. The summed E-state index contributed by atoms with van der Waals surface area (Å²) in [5.74, 6) is 1.53. The van der Waals surface area contributed by atoms with Gasteiger partial charge in [-0.05, 0) is 31.0 Å². The first kappa shape index (κ1) is 15.4. The Bertz CT molecular complexity index is 667. The molecule has 1 aliphatic rings. The van der Waals surface area contributed by atoms with E-state index in [1.807, 2.05) is 24.3 Å². The zero-order valence-corrected chi connectivity index (χ0v) is 13.2. The van der Waals surface area contributed by atoms with E-state index >= 15 is 0 Å². The molecule has 2 aromatic carbocycles. The van der Waals surface area contributed by atoms with Crippen molar-refractivity contribution in [2.24, 2.45) is 0 Å². The molecule has 1 heterocycles. The van der Waals surface area contributed by atoms with Crippen LogP contribution >= 0.6 is 0 Å². The molecule has 4 heteroatoms. The van der Waals surface area contributed by atoms with E-state index in [4.69, 9.17) is 9.47 Å². The second kappa shape index (κ2) is 7.18. The number of nitrogens with one attached hydrogen (secondary N) is 1. The van der Waals surface area contributed by atoms with Gasteiger partial charge in [0.1, 0.15) is 12.7 Å². The molecular formula is C19H21NO3. The monoisotopic (exact) mass is 311 g/mol. The lowest BCUT2D eigenvalue weighted by Crippen LogP contribution is -2.40. The highest BCUT2D eigenvalue weighted by Crippen LogP contribution is 2.30. The minimum atomic E-state index is -0.145. The topological polar surface area (TPSA) is 47.6 Å². The predicted octanol–water partition coefficient (Wildman–Crippen LogP) is 2.88. The molecule has 0 spiro atoms. The van der Waals surface area contributed by atoms with Crippen LogP contribution in [0.2, 0.25) is 0 Å². The third-order valence-electron chi connectivity index (χ3n) is 3.86. The first-order valence-electron chi connectivity index (χ1n) is 7.91. The Balaban J connectivity index is 1.42. The standard InChI is InChI=1S/C19H21NO3/c1-14-6-8-15(9-7-14)10-11-19(21)20-12-16-13-22-17-4-2-3-5-18(17)23-16/h2-9,16H,10-13H2,1H3,(H,20,21)/t16-/m1/s1. The van der Waals surface area contributed by atoms with Crippen LogP contribution in [0, 0.1) is 6.92 Å². The highest BCUT2D eigenvalue weighted by atomic mass is 16.6.